The fourth-order valence-electron chi connectivity index (χ4n) is 3.66. The summed E-state index contributed by atoms with van der Waals surface area (Å²) in [5.41, 5.74) is -1.10. The van der Waals surface area contributed by atoms with Crippen LogP contribution in [0.1, 0.15) is 48.6 Å². The van der Waals surface area contributed by atoms with E-state index in [2.05, 4.69) is 20.8 Å². The second-order valence-corrected chi connectivity index (χ2v) is 7.95. The Labute approximate surface area is 159 Å². The molecule has 1 aromatic heterocycles. The van der Waals surface area contributed by atoms with Crippen LogP contribution < -0.4 is 10.6 Å². The highest BCUT2D eigenvalue weighted by Crippen LogP contribution is 2.43. The number of hydrogen-bond acceptors (Lipinski definition) is 5. The molecule has 0 spiro atoms. The molecule has 2 N–H and O–H groups in total. The molecule has 2 aromatic rings. The van der Waals surface area contributed by atoms with E-state index in [0.717, 1.165) is 24.3 Å². The number of carbonyl (C=O) groups is 1. The molecule has 2 aliphatic rings. The van der Waals surface area contributed by atoms with Crippen LogP contribution in [0.3, 0.4) is 0 Å². The van der Waals surface area contributed by atoms with Gasteiger partial charge in [-0.15, -0.1) is 10.2 Å². The predicted octanol–water partition coefficient (Wildman–Crippen LogP) is 3.91. The molecule has 0 atom stereocenters. The smallest absolute Gasteiger partial charge is 0.321 e. The van der Waals surface area contributed by atoms with Crippen LogP contribution >= 0.6 is 11.3 Å². The van der Waals surface area contributed by atoms with Crippen LogP contribution in [0.2, 0.25) is 0 Å². The number of halogens is 2. The predicted molar refractivity (Wildman–Crippen MR) is 96.7 cm³/mol. The number of amides is 2. The molecule has 1 aliphatic carbocycles. The van der Waals surface area contributed by atoms with Crippen LogP contribution in [0, 0.1) is 11.6 Å². The Morgan fingerprint density at radius 2 is 1.89 bits per heavy atom. The molecular weight excluding hydrogens is 374 g/mol. The first-order valence-corrected chi connectivity index (χ1v) is 9.84. The van der Waals surface area contributed by atoms with Gasteiger partial charge in [-0.3, -0.25) is 5.32 Å². The number of benzene rings is 1. The van der Waals surface area contributed by atoms with Gasteiger partial charge in [-0.2, -0.15) is 0 Å². The molecule has 0 radical (unpaired) electrons. The van der Waals surface area contributed by atoms with Crippen molar-refractivity contribution >= 4 is 22.5 Å². The molecule has 1 saturated heterocycles. The Morgan fingerprint density at radius 3 is 2.52 bits per heavy atom. The monoisotopic (exact) mass is 394 g/mol. The molecule has 1 aliphatic heterocycles. The third kappa shape index (κ3) is 3.66. The minimum Gasteiger partial charge on any atom is -0.381 e. The number of carbonyl (C=O) groups excluding carboxylic acids is 1. The van der Waals surface area contributed by atoms with Gasteiger partial charge in [-0.1, -0.05) is 17.4 Å². The minimum atomic E-state index is -1.02. The first-order valence-electron chi connectivity index (χ1n) is 9.02. The van der Waals surface area contributed by atoms with Gasteiger partial charge in [-0.25, -0.2) is 13.6 Å². The van der Waals surface area contributed by atoms with E-state index >= 15 is 0 Å². The van der Waals surface area contributed by atoms with Crippen LogP contribution in [-0.4, -0.2) is 29.4 Å². The van der Waals surface area contributed by atoms with E-state index in [1.165, 1.54) is 29.5 Å². The molecule has 27 heavy (non-hydrogen) atoms. The molecule has 0 unspecified atom stereocenters. The topological polar surface area (TPSA) is 76.1 Å². The molecule has 4 rings (SSSR count). The van der Waals surface area contributed by atoms with Crippen molar-refractivity contribution in [3.8, 4) is 0 Å². The average molecular weight is 394 g/mol. The molecule has 6 nitrogen and oxygen atoms in total. The fraction of sp³-hybridized carbons (Fsp3) is 0.500. The van der Waals surface area contributed by atoms with Gasteiger partial charge in [0.1, 0.15) is 16.6 Å². The number of hydrogen-bond donors (Lipinski definition) is 2. The largest absolute Gasteiger partial charge is 0.381 e. The highest BCUT2D eigenvalue weighted by Gasteiger charge is 2.44. The summed E-state index contributed by atoms with van der Waals surface area (Å²) < 4.78 is 33.8. The summed E-state index contributed by atoms with van der Waals surface area (Å²) in [6, 6.07) is 3.21. The third-order valence-electron chi connectivity index (χ3n) is 5.23. The maximum absolute atomic E-state index is 14.2. The minimum absolute atomic E-state index is 0.0773. The number of urea groups is 1. The van der Waals surface area contributed by atoms with E-state index in [0.29, 0.717) is 37.1 Å². The molecule has 1 saturated carbocycles. The first-order chi connectivity index (χ1) is 13.1. The fourth-order valence-corrected chi connectivity index (χ4v) is 4.57. The van der Waals surface area contributed by atoms with Crippen molar-refractivity contribution < 1.29 is 18.3 Å². The normalized spacial score (nSPS) is 19.3. The number of nitrogens with zero attached hydrogens (tertiary/aromatic N) is 2. The summed E-state index contributed by atoms with van der Waals surface area (Å²) in [5.74, 6) is -0.999. The second kappa shape index (κ2) is 7.47. The van der Waals surface area contributed by atoms with Crippen molar-refractivity contribution in [1.29, 1.82) is 0 Å². The van der Waals surface area contributed by atoms with Gasteiger partial charge in [0.05, 0.1) is 5.54 Å². The second-order valence-electron chi connectivity index (χ2n) is 6.94. The van der Waals surface area contributed by atoms with Gasteiger partial charge in [0.2, 0.25) is 5.13 Å². The van der Waals surface area contributed by atoms with Gasteiger partial charge in [0, 0.05) is 24.7 Å². The van der Waals surface area contributed by atoms with Crippen molar-refractivity contribution in [3.05, 3.63) is 40.4 Å². The molecule has 9 heteroatoms. The lowest BCUT2D eigenvalue weighted by Crippen LogP contribution is -2.53. The van der Waals surface area contributed by atoms with E-state index in [4.69, 9.17) is 4.74 Å². The summed E-state index contributed by atoms with van der Waals surface area (Å²) in [6.07, 6.45) is 3.54. The summed E-state index contributed by atoms with van der Waals surface area (Å²) in [4.78, 5) is 12.5. The third-order valence-corrected chi connectivity index (χ3v) is 6.23. The zero-order valence-corrected chi connectivity index (χ0v) is 15.5. The van der Waals surface area contributed by atoms with Crippen molar-refractivity contribution in [2.75, 3.05) is 18.5 Å². The quantitative estimate of drug-likeness (QED) is 0.824. The molecule has 2 fully saturated rings. The lowest BCUT2D eigenvalue weighted by atomic mass is 9.71. The Kier molecular flexibility index (Phi) is 5.05. The van der Waals surface area contributed by atoms with Crippen LogP contribution in [0.5, 0.6) is 0 Å². The molecule has 2 amide bonds. The maximum Gasteiger partial charge on any atom is 0.321 e. The van der Waals surface area contributed by atoms with Crippen molar-refractivity contribution in [1.82, 2.24) is 15.5 Å². The number of anilines is 1. The summed E-state index contributed by atoms with van der Waals surface area (Å²) in [5, 5.41) is 14.8. The Balaban J connectivity index is 1.45. The number of rotatable bonds is 4. The average Bonchev–Trinajstić information content (AvgIpc) is 3.08. The van der Waals surface area contributed by atoms with Gasteiger partial charge in [0.15, 0.2) is 0 Å². The zero-order chi connectivity index (χ0) is 18.9. The highest BCUT2D eigenvalue weighted by molar-refractivity contribution is 7.15. The van der Waals surface area contributed by atoms with Gasteiger partial charge in [0.25, 0.3) is 0 Å². The van der Waals surface area contributed by atoms with Crippen LogP contribution in [0.25, 0.3) is 0 Å². The van der Waals surface area contributed by atoms with E-state index < -0.39 is 23.2 Å². The van der Waals surface area contributed by atoms with Crippen LogP contribution in [0.4, 0.5) is 18.7 Å². The summed E-state index contributed by atoms with van der Waals surface area (Å²) in [6.45, 7) is 1.40. The van der Waals surface area contributed by atoms with Gasteiger partial charge in [-0.05, 0) is 44.2 Å². The van der Waals surface area contributed by atoms with Gasteiger partial charge >= 0.3 is 6.03 Å². The summed E-state index contributed by atoms with van der Waals surface area (Å²) >= 11 is 1.32. The molecule has 2 heterocycles. The Bertz CT molecular complexity index is 814. The molecule has 0 bridgehead atoms. The number of aromatic nitrogens is 2. The molecular formula is C18H20F2N4O2S. The van der Waals surface area contributed by atoms with Crippen molar-refractivity contribution in [2.24, 2.45) is 0 Å². The first kappa shape index (κ1) is 18.2. The highest BCUT2D eigenvalue weighted by atomic mass is 32.1. The van der Waals surface area contributed by atoms with E-state index in [1.807, 2.05) is 0 Å². The lowest BCUT2D eigenvalue weighted by Gasteiger charge is -2.43. The Hall–Kier alpha value is -2.13. The van der Waals surface area contributed by atoms with E-state index in [9.17, 15) is 13.6 Å². The molecule has 144 valence electrons. The standard InChI is InChI=1S/C18H20F2N4O2S/c19-12-3-1-4-13(20)14(12)18(7-2-8-18)22-16(25)21-17-24-23-15(27-17)11-5-9-26-10-6-11/h1,3-4,11H,2,5-10H2,(H2,21,22,24,25). The van der Waals surface area contributed by atoms with Crippen LogP contribution in [0.15, 0.2) is 18.2 Å². The zero-order valence-electron chi connectivity index (χ0n) is 14.6. The van der Waals surface area contributed by atoms with E-state index in [-0.39, 0.29) is 5.56 Å². The van der Waals surface area contributed by atoms with Crippen molar-refractivity contribution in [3.63, 3.8) is 0 Å². The molecule has 1 aromatic carbocycles. The SMILES string of the molecule is O=C(Nc1nnc(C2CCOCC2)s1)NC1(c2c(F)cccc2F)CCC1. The van der Waals surface area contributed by atoms with Gasteiger partial charge < -0.3 is 10.1 Å². The number of ether oxygens (including phenoxy) is 1. The van der Waals surface area contributed by atoms with E-state index in [1.54, 1.807) is 0 Å². The Morgan fingerprint density at radius 1 is 1.19 bits per heavy atom. The number of nitrogens with one attached hydrogen (secondary N) is 2. The van der Waals surface area contributed by atoms with Crippen LogP contribution in [-0.2, 0) is 10.3 Å². The summed E-state index contributed by atoms with van der Waals surface area (Å²) in [7, 11) is 0. The maximum atomic E-state index is 14.2. The lowest BCUT2D eigenvalue weighted by molar-refractivity contribution is 0.0851. The van der Waals surface area contributed by atoms with Crippen molar-refractivity contribution in [2.45, 2.75) is 43.6 Å².